The number of anilines is 1. The number of nitriles is 1. The SMILES string of the molecule is Cc1ccc(-n2c3ccccc3c3c2ccc2c4ccccc4n(-c4cc(C#N)ccc4N4C(=O)c5ccccc5C4=O)c23)cc1. The fourth-order valence-corrected chi connectivity index (χ4v) is 7.10. The number of para-hydroxylation sites is 2. The van der Waals surface area contributed by atoms with Gasteiger partial charge in [0.15, 0.2) is 0 Å². The number of aromatic nitrogens is 2. The summed E-state index contributed by atoms with van der Waals surface area (Å²) in [6.45, 7) is 2.08. The van der Waals surface area contributed by atoms with E-state index in [-0.39, 0.29) is 11.8 Å². The van der Waals surface area contributed by atoms with E-state index in [2.05, 4.69) is 82.8 Å². The van der Waals surface area contributed by atoms with E-state index in [4.69, 9.17) is 0 Å². The van der Waals surface area contributed by atoms with Crippen LogP contribution in [0.25, 0.3) is 55.0 Å². The molecule has 0 unspecified atom stereocenters. The zero-order valence-electron chi connectivity index (χ0n) is 24.7. The lowest BCUT2D eigenvalue weighted by molar-refractivity contribution is 0.0926. The van der Waals surface area contributed by atoms with E-state index in [0.29, 0.717) is 28.1 Å². The van der Waals surface area contributed by atoms with Crippen LogP contribution < -0.4 is 4.90 Å². The third-order valence-electron chi connectivity index (χ3n) is 9.14. The summed E-state index contributed by atoms with van der Waals surface area (Å²) in [5, 5.41) is 14.2. The summed E-state index contributed by atoms with van der Waals surface area (Å²) in [6.07, 6.45) is 0. The molecule has 216 valence electrons. The summed E-state index contributed by atoms with van der Waals surface area (Å²) in [4.78, 5) is 28.9. The van der Waals surface area contributed by atoms with Gasteiger partial charge < -0.3 is 9.13 Å². The van der Waals surface area contributed by atoms with Crippen LogP contribution in [-0.2, 0) is 0 Å². The summed E-state index contributed by atoms with van der Waals surface area (Å²) in [7, 11) is 0. The smallest absolute Gasteiger partial charge is 0.266 e. The van der Waals surface area contributed by atoms with Crippen LogP contribution in [0.5, 0.6) is 0 Å². The largest absolute Gasteiger partial charge is 0.309 e. The summed E-state index contributed by atoms with van der Waals surface area (Å²) in [5.74, 6) is -0.762. The number of aryl methyl sites for hydroxylation is 1. The number of rotatable bonds is 3. The fraction of sp³-hybridized carbons (Fsp3) is 0.0250. The van der Waals surface area contributed by atoms with Gasteiger partial charge >= 0.3 is 0 Å². The van der Waals surface area contributed by atoms with Crippen molar-refractivity contribution >= 4 is 61.1 Å². The number of hydrogen-bond donors (Lipinski definition) is 0. The van der Waals surface area contributed by atoms with E-state index in [0.717, 1.165) is 49.3 Å². The number of hydrogen-bond acceptors (Lipinski definition) is 3. The molecule has 2 amide bonds. The molecule has 0 fully saturated rings. The molecule has 9 rings (SSSR count). The highest BCUT2D eigenvalue weighted by atomic mass is 16.2. The summed E-state index contributed by atoms with van der Waals surface area (Å²) in [6, 6.07) is 43.7. The number of imide groups is 1. The Morgan fingerprint density at radius 2 is 1.20 bits per heavy atom. The molecule has 0 N–H and O–H groups in total. The standard InChI is InChI=1S/C40H24N4O2/c1-24-14-17-26(18-15-24)42-33-13-7-5-11-31(33)37-35(42)21-19-28-27-8-4-6-12-32(27)43(38(28)37)36-22-25(23-41)16-20-34(36)44-39(45)29-9-2-3-10-30(29)40(44)46/h2-22H,1H3. The molecular weight excluding hydrogens is 568 g/mol. The van der Waals surface area contributed by atoms with Crippen molar-refractivity contribution in [1.82, 2.24) is 9.13 Å². The Morgan fingerprint density at radius 1 is 0.565 bits per heavy atom. The van der Waals surface area contributed by atoms with Crippen LogP contribution >= 0.6 is 0 Å². The molecular formula is C40H24N4O2. The Balaban J connectivity index is 1.44. The van der Waals surface area contributed by atoms with E-state index in [9.17, 15) is 14.9 Å². The minimum Gasteiger partial charge on any atom is -0.309 e. The van der Waals surface area contributed by atoms with Crippen molar-refractivity contribution in [3.05, 3.63) is 150 Å². The van der Waals surface area contributed by atoms with Gasteiger partial charge in [0, 0.05) is 27.2 Å². The maximum Gasteiger partial charge on any atom is 0.266 e. The zero-order chi connectivity index (χ0) is 31.1. The van der Waals surface area contributed by atoms with E-state index >= 15 is 0 Å². The molecule has 1 aliphatic heterocycles. The van der Waals surface area contributed by atoms with E-state index in [1.807, 2.05) is 24.3 Å². The Labute approximate surface area is 263 Å². The summed E-state index contributed by atoms with van der Waals surface area (Å²) >= 11 is 0. The molecule has 0 radical (unpaired) electrons. The molecule has 8 aromatic rings. The van der Waals surface area contributed by atoms with Gasteiger partial charge in [-0.15, -0.1) is 0 Å². The van der Waals surface area contributed by atoms with Crippen LogP contribution in [0.4, 0.5) is 5.69 Å². The van der Waals surface area contributed by atoms with Crippen molar-refractivity contribution in [2.45, 2.75) is 6.92 Å². The van der Waals surface area contributed by atoms with Gasteiger partial charge in [-0.05, 0) is 67.6 Å². The monoisotopic (exact) mass is 592 g/mol. The van der Waals surface area contributed by atoms with Crippen LogP contribution in [-0.4, -0.2) is 20.9 Å². The highest BCUT2D eigenvalue weighted by Gasteiger charge is 2.38. The van der Waals surface area contributed by atoms with Crippen molar-refractivity contribution in [3.63, 3.8) is 0 Å². The molecule has 0 saturated carbocycles. The van der Waals surface area contributed by atoms with Crippen molar-refractivity contribution < 1.29 is 9.59 Å². The normalized spacial score (nSPS) is 12.9. The number of amides is 2. The molecule has 0 aliphatic carbocycles. The van der Waals surface area contributed by atoms with Gasteiger partial charge in [-0.2, -0.15) is 5.26 Å². The number of benzene rings is 6. The second-order valence-electron chi connectivity index (χ2n) is 11.7. The molecule has 46 heavy (non-hydrogen) atoms. The van der Waals surface area contributed by atoms with Gasteiger partial charge in [0.2, 0.25) is 0 Å². The first-order chi connectivity index (χ1) is 22.5. The number of carbonyl (C=O) groups excluding carboxylic acids is 2. The molecule has 0 saturated heterocycles. The lowest BCUT2D eigenvalue weighted by Crippen LogP contribution is -2.30. The molecule has 2 aromatic heterocycles. The maximum atomic E-state index is 13.8. The Bertz CT molecular complexity index is 2620. The molecule has 0 bridgehead atoms. The van der Waals surface area contributed by atoms with Gasteiger partial charge in [0.25, 0.3) is 11.8 Å². The average Bonchev–Trinajstić information content (AvgIpc) is 3.70. The lowest BCUT2D eigenvalue weighted by Gasteiger charge is -2.20. The average molecular weight is 593 g/mol. The van der Waals surface area contributed by atoms with Crippen LogP contribution in [0.3, 0.4) is 0 Å². The molecule has 6 heteroatoms. The van der Waals surface area contributed by atoms with Crippen LogP contribution in [0, 0.1) is 18.3 Å². The van der Waals surface area contributed by atoms with Gasteiger partial charge in [0.05, 0.1) is 56.2 Å². The number of nitrogens with zero attached hydrogens (tertiary/aromatic N) is 4. The third-order valence-corrected chi connectivity index (χ3v) is 9.14. The van der Waals surface area contributed by atoms with Crippen LogP contribution in [0.15, 0.2) is 127 Å². The van der Waals surface area contributed by atoms with Crippen molar-refractivity contribution in [2.75, 3.05) is 4.90 Å². The van der Waals surface area contributed by atoms with Crippen molar-refractivity contribution in [1.29, 1.82) is 5.26 Å². The first-order valence-electron chi connectivity index (χ1n) is 15.1. The Morgan fingerprint density at radius 3 is 1.89 bits per heavy atom. The van der Waals surface area contributed by atoms with E-state index in [1.54, 1.807) is 42.5 Å². The highest BCUT2D eigenvalue weighted by Crippen LogP contribution is 2.44. The molecule has 6 nitrogen and oxygen atoms in total. The maximum absolute atomic E-state index is 13.8. The zero-order valence-corrected chi connectivity index (χ0v) is 24.7. The third kappa shape index (κ3) is 3.45. The van der Waals surface area contributed by atoms with Crippen molar-refractivity contribution in [2.24, 2.45) is 0 Å². The molecule has 6 aromatic carbocycles. The predicted octanol–water partition coefficient (Wildman–Crippen LogP) is 8.86. The molecule has 0 spiro atoms. The van der Waals surface area contributed by atoms with Gasteiger partial charge in [-0.25, -0.2) is 4.90 Å². The second-order valence-corrected chi connectivity index (χ2v) is 11.7. The van der Waals surface area contributed by atoms with Crippen LogP contribution in [0.1, 0.15) is 31.8 Å². The van der Waals surface area contributed by atoms with Gasteiger partial charge in [-0.1, -0.05) is 72.3 Å². The van der Waals surface area contributed by atoms with E-state index in [1.165, 1.54) is 10.5 Å². The first-order valence-corrected chi connectivity index (χ1v) is 15.1. The topological polar surface area (TPSA) is 71.0 Å². The molecule has 1 aliphatic rings. The Kier molecular flexibility index (Phi) is 5.38. The lowest BCUT2D eigenvalue weighted by atomic mass is 10.1. The Hall–Kier alpha value is -6.45. The quantitative estimate of drug-likeness (QED) is 0.192. The summed E-state index contributed by atoms with van der Waals surface area (Å²) in [5.41, 5.74) is 8.35. The van der Waals surface area contributed by atoms with E-state index < -0.39 is 0 Å². The minimum atomic E-state index is -0.381. The van der Waals surface area contributed by atoms with Gasteiger partial charge in [-0.3, -0.25) is 9.59 Å². The second kappa shape index (κ2) is 9.52. The molecule has 3 heterocycles. The van der Waals surface area contributed by atoms with Gasteiger partial charge in [0.1, 0.15) is 0 Å². The highest BCUT2D eigenvalue weighted by molar-refractivity contribution is 6.35. The number of carbonyl (C=O) groups is 2. The number of fused-ring (bicyclic) bond motifs is 8. The minimum absolute atomic E-state index is 0.369. The first kappa shape index (κ1) is 26.0. The van der Waals surface area contributed by atoms with Crippen molar-refractivity contribution in [3.8, 4) is 17.4 Å². The van der Waals surface area contributed by atoms with Crippen LogP contribution in [0.2, 0.25) is 0 Å². The summed E-state index contributed by atoms with van der Waals surface area (Å²) < 4.78 is 4.40. The fourth-order valence-electron chi connectivity index (χ4n) is 7.10. The predicted molar refractivity (Wildman–Crippen MR) is 182 cm³/mol. The molecule has 0 atom stereocenters.